The van der Waals surface area contributed by atoms with Crippen molar-refractivity contribution in [2.75, 3.05) is 25.9 Å². The summed E-state index contributed by atoms with van der Waals surface area (Å²) in [6.07, 6.45) is 6.36. The van der Waals surface area contributed by atoms with Gasteiger partial charge in [-0.1, -0.05) is 18.2 Å². The molecule has 15 heavy (non-hydrogen) atoms. The van der Waals surface area contributed by atoms with Crippen molar-refractivity contribution < 1.29 is 13.0 Å². The summed E-state index contributed by atoms with van der Waals surface area (Å²) in [7, 11) is -3.67. The van der Waals surface area contributed by atoms with Crippen LogP contribution < -0.4 is 0 Å². The van der Waals surface area contributed by atoms with Gasteiger partial charge in [0.15, 0.2) is 0 Å². The Labute approximate surface area is 92.3 Å². The number of rotatable bonds is 6. The van der Waals surface area contributed by atoms with Crippen LogP contribution in [0.3, 0.4) is 0 Å². The van der Waals surface area contributed by atoms with Gasteiger partial charge < -0.3 is 0 Å². The van der Waals surface area contributed by atoms with Gasteiger partial charge >= 0.3 is 0 Å². The summed E-state index contributed by atoms with van der Waals surface area (Å²) in [4.78, 5) is 2.19. The van der Waals surface area contributed by atoms with E-state index >= 15 is 0 Å². The van der Waals surface area contributed by atoms with Crippen LogP contribution in [0, 0.1) is 0 Å². The van der Waals surface area contributed by atoms with E-state index in [0.717, 1.165) is 19.6 Å². The van der Waals surface area contributed by atoms with E-state index in [9.17, 15) is 8.42 Å². The summed E-state index contributed by atoms with van der Waals surface area (Å²) in [5.74, 6) is 0. The minimum absolute atomic E-state index is 0.715. The van der Waals surface area contributed by atoms with E-state index in [1.165, 1.54) is 0 Å². The van der Waals surface area contributed by atoms with Crippen molar-refractivity contribution in [2.45, 2.75) is 0 Å². The van der Waals surface area contributed by atoms with E-state index in [2.05, 4.69) is 24.6 Å². The Morgan fingerprint density at radius 1 is 1.07 bits per heavy atom. The Kier molecular flexibility index (Phi) is 10.6. The van der Waals surface area contributed by atoms with E-state index in [1.54, 1.807) is 0 Å². The maximum absolute atomic E-state index is 9.19. The molecule has 0 spiro atoms. The molecule has 0 radical (unpaired) electrons. The predicted octanol–water partition coefficient (Wildman–Crippen LogP) is 1.35. The first kappa shape index (κ1) is 16.5. The number of hydrogen-bond acceptors (Lipinski definition) is 3. The van der Waals surface area contributed by atoms with Crippen LogP contribution in [0.25, 0.3) is 0 Å². The standard InChI is InChI=1S/C9H15N.CH4O3S/c1-4-7-10(8-5-2)9-6-3;1-5(2,3)4/h4-6H,1-3,7-9H2;1H3,(H,2,3,4). The molecule has 5 heteroatoms. The van der Waals surface area contributed by atoms with Crippen LogP contribution in [0.5, 0.6) is 0 Å². The average molecular weight is 233 g/mol. The molecule has 0 aromatic rings. The van der Waals surface area contributed by atoms with E-state index in [4.69, 9.17) is 4.55 Å². The van der Waals surface area contributed by atoms with Crippen LogP contribution in [0.2, 0.25) is 0 Å². The van der Waals surface area contributed by atoms with Gasteiger partial charge in [-0.15, -0.1) is 19.7 Å². The lowest BCUT2D eigenvalue weighted by Gasteiger charge is -2.15. The van der Waals surface area contributed by atoms with Gasteiger partial charge in [0.05, 0.1) is 6.26 Å². The Bertz CT molecular complexity index is 251. The molecule has 0 unspecified atom stereocenters. The van der Waals surface area contributed by atoms with Crippen LogP contribution in [-0.4, -0.2) is 43.8 Å². The van der Waals surface area contributed by atoms with E-state index in [1.807, 2.05) is 18.2 Å². The maximum Gasteiger partial charge on any atom is 0.261 e. The van der Waals surface area contributed by atoms with Crippen LogP contribution in [0.4, 0.5) is 0 Å². The Balaban J connectivity index is 0. The third kappa shape index (κ3) is 24.6. The Morgan fingerprint density at radius 3 is 1.40 bits per heavy atom. The molecule has 1 N–H and O–H groups in total. The highest BCUT2D eigenvalue weighted by atomic mass is 32.2. The molecular weight excluding hydrogens is 214 g/mol. The van der Waals surface area contributed by atoms with E-state index in [-0.39, 0.29) is 0 Å². The van der Waals surface area contributed by atoms with E-state index in [0.29, 0.717) is 6.26 Å². The minimum atomic E-state index is -3.67. The molecule has 0 aromatic carbocycles. The summed E-state index contributed by atoms with van der Waals surface area (Å²) in [6.45, 7) is 13.7. The number of hydrogen-bond donors (Lipinski definition) is 1. The first-order valence-corrected chi connectivity index (χ1v) is 6.17. The third-order valence-electron chi connectivity index (χ3n) is 1.16. The first-order valence-electron chi connectivity index (χ1n) is 4.32. The molecule has 0 rings (SSSR count). The molecule has 0 bridgehead atoms. The molecule has 0 saturated carbocycles. The normalized spacial score (nSPS) is 10.1. The summed E-state index contributed by atoms with van der Waals surface area (Å²) >= 11 is 0. The molecule has 0 aliphatic rings. The van der Waals surface area contributed by atoms with Crippen LogP contribution >= 0.6 is 0 Å². The van der Waals surface area contributed by atoms with Crippen molar-refractivity contribution in [3.63, 3.8) is 0 Å². The molecule has 0 amide bonds. The maximum atomic E-state index is 9.19. The summed E-state index contributed by atoms with van der Waals surface area (Å²) in [5, 5.41) is 0. The molecule has 88 valence electrons. The highest BCUT2D eigenvalue weighted by Gasteiger charge is 1.94. The molecule has 4 nitrogen and oxygen atoms in total. The van der Waals surface area contributed by atoms with Crippen molar-refractivity contribution in [3.8, 4) is 0 Å². The molecule has 0 aliphatic heterocycles. The topological polar surface area (TPSA) is 57.6 Å². The fourth-order valence-corrected chi connectivity index (χ4v) is 0.771. The highest BCUT2D eigenvalue weighted by molar-refractivity contribution is 7.85. The molecule has 0 fully saturated rings. The van der Waals surface area contributed by atoms with Crippen LogP contribution in [0.1, 0.15) is 0 Å². The molecule has 0 heterocycles. The lowest BCUT2D eigenvalue weighted by Crippen LogP contribution is -2.23. The SMILES string of the molecule is C=CCN(CC=C)CC=C.CS(=O)(=O)O. The van der Waals surface area contributed by atoms with E-state index < -0.39 is 10.1 Å². The minimum Gasteiger partial charge on any atom is -0.292 e. The molecule has 0 atom stereocenters. The zero-order valence-electron chi connectivity index (χ0n) is 9.09. The van der Waals surface area contributed by atoms with Gasteiger partial charge in [-0.3, -0.25) is 9.45 Å². The molecule has 0 aliphatic carbocycles. The van der Waals surface area contributed by atoms with Gasteiger partial charge in [0, 0.05) is 19.6 Å². The summed E-state index contributed by atoms with van der Waals surface area (Å²) in [6, 6.07) is 0. The number of nitrogens with zero attached hydrogens (tertiary/aromatic N) is 1. The lowest BCUT2D eigenvalue weighted by atomic mass is 10.4. The molecule has 0 aromatic heterocycles. The van der Waals surface area contributed by atoms with Crippen molar-refractivity contribution in [2.24, 2.45) is 0 Å². The fraction of sp³-hybridized carbons (Fsp3) is 0.400. The Morgan fingerprint density at radius 2 is 1.27 bits per heavy atom. The third-order valence-corrected chi connectivity index (χ3v) is 1.16. The predicted molar refractivity (Wildman–Crippen MR) is 64.5 cm³/mol. The summed E-state index contributed by atoms with van der Waals surface area (Å²) in [5.41, 5.74) is 0. The average Bonchev–Trinajstić information content (AvgIpc) is 2.02. The zero-order valence-corrected chi connectivity index (χ0v) is 9.91. The second-order valence-electron chi connectivity index (χ2n) is 2.82. The second-order valence-corrected chi connectivity index (χ2v) is 4.28. The van der Waals surface area contributed by atoms with Crippen LogP contribution in [0.15, 0.2) is 38.0 Å². The van der Waals surface area contributed by atoms with Gasteiger partial charge in [0.25, 0.3) is 10.1 Å². The first-order chi connectivity index (χ1) is 6.85. The van der Waals surface area contributed by atoms with Gasteiger partial charge in [-0.2, -0.15) is 8.42 Å². The van der Waals surface area contributed by atoms with Crippen LogP contribution in [-0.2, 0) is 10.1 Å². The largest absolute Gasteiger partial charge is 0.292 e. The van der Waals surface area contributed by atoms with Crippen molar-refractivity contribution >= 4 is 10.1 Å². The lowest BCUT2D eigenvalue weighted by molar-refractivity contribution is 0.373. The highest BCUT2D eigenvalue weighted by Crippen LogP contribution is 1.88. The van der Waals surface area contributed by atoms with Crippen molar-refractivity contribution in [1.82, 2.24) is 4.90 Å². The van der Waals surface area contributed by atoms with Gasteiger partial charge in [-0.25, -0.2) is 0 Å². The van der Waals surface area contributed by atoms with Gasteiger partial charge in [-0.05, 0) is 0 Å². The quantitative estimate of drug-likeness (QED) is 0.556. The zero-order chi connectivity index (χ0) is 12.3. The van der Waals surface area contributed by atoms with Gasteiger partial charge in [0.2, 0.25) is 0 Å². The fourth-order valence-electron chi connectivity index (χ4n) is 0.771. The Hall–Kier alpha value is -0.910. The molecule has 0 saturated heterocycles. The monoisotopic (exact) mass is 233 g/mol. The van der Waals surface area contributed by atoms with Crippen molar-refractivity contribution in [3.05, 3.63) is 38.0 Å². The summed E-state index contributed by atoms with van der Waals surface area (Å²) < 4.78 is 25.9. The smallest absolute Gasteiger partial charge is 0.261 e. The second kappa shape index (κ2) is 9.64. The molecular formula is C10H19NO3S. The van der Waals surface area contributed by atoms with Gasteiger partial charge in [0.1, 0.15) is 0 Å². The van der Waals surface area contributed by atoms with Crippen molar-refractivity contribution in [1.29, 1.82) is 0 Å².